The Bertz CT molecular complexity index is 622. The first-order valence-corrected chi connectivity index (χ1v) is 7.62. The van der Waals surface area contributed by atoms with E-state index < -0.39 is 9.05 Å². The molecule has 0 atom stereocenters. The summed E-state index contributed by atoms with van der Waals surface area (Å²) in [4.78, 5) is 4.68. The highest BCUT2D eigenvalue weighted by Crippen LogP contribution is 2.32. The zero-order valence-electron chi connectivity index (χ0n) is 7.72. The average molecular weight is 294 g/mol. The number of halogens is 2. The summed E-state index contributed by atoms with van der Waals surface area (Å²) in [6.45, 7) is 0. The van der Waals surface area contributed by atoms with Gasteiger partial charge in [0.25, 0.3) is 9.05 Å². The van der Waals surface area contributed by atoms with Gasteiger partial charge >= 0.3 is 0 Å². The first-order valence-electron chi connectivity index (χ1n) is 4.12. The monoisotopic (exact) mass is 293 g/mol. The molecule has 0 saturated carbocycles. The molecule has 2 rings (SSSR count). The van der Waals surface area contributed by atoms with Gasteiger partial charge in [0.1, 0.15) is 4.21 Å². The van der Waals surface area contributed by atoms with Gasteiger partial charge in [-0.3, -0.25) is 4.98 Å². The molecule has 0 N–H and O–H groups in total. The summed E-state index contributed by atoms with van der Waals surface area (Å²) in [6, 6.07) is 4.85. The molecule has 7 heteroatoms. The summed E-state index contributed by atoms with van der Waals surface area (Å²) in [5.41, 5.74) is 0.768. The maximum absolute atomic E-state index is 11.1. The summed E-state index contributed by atoms with van der Waals surface area (Å²) in [5.74, 6) is 0. The van der Waals surface area contributed by atoms with Crippen molar-refractivity contribution < 1.29 is 8.42 Å². The first kappa shape index (κ1) is 11.9. The molecule has 2 aromatic heterocycles. The van der Waals surface area contributed by atoms with Gasteiger partial charge in [0.15, 0.2) is 0 Å². The van der Waals surface area contributed by atoms with E-state index in [-0.39, 0.29) is 4.21 Å². The van der Waals surface area contributed by atoms with E-state index in [1.807, 2.05) is 0 Å². The van der Waals surface area contributed by atoms with E-state index in [1.165, 1.54) is 12.3 Å². The maximum atomic E-state index is 11.1. The van der Waals surface area contributed by atoms with Crippen LogP contribution in [0.5, 0.6) is 0 Å². The lowest BCUT2D eigenvalue weighted by atomic mass is 10.2. The van der Waals surface area contributed by atoms with Gasteiger partial charge in [-0.2, -0.15) is 0 Å². The molecule has 0 spiro atoms. The number of nitrogens with zero attached hydrogens (tertiary/aromatic N) is 1. The van der Waals surface area contributed by atoms with Crippen LogP contribution in [0.4, 0.5) is 0 Å². The number of pyridine rings is 1. The van der Waals surface area contributed by atoms with E-state index in [9.17, 15) is 8.42 Å². The number of rotatable bonds is 2. The SMILES string of the molecule is O=S(=O)(Cl)c1ccc(-c2cncc(Cl)c2)s1. The number of hydrogen-bond acceptors (Lipinski definition) is 4. The summed E-state index contributed by atoms with van der Waals surface area (Å²) < 4.78 is 22.3. The van der Waals surface area contributed by atoms with Crippen LogP contribution in [0.2, 0.25) is 5.02 Å². The smallest absolute Gasteiger partial charge is 0.263 e. The van der Waals surface area contributed by atoms with Crippen LogP contribution in [0, 0.1) is 0 Å². The third-order valence-corrected chi connectivity index (χ3v) is 5.24. The predicted octanol–water partition coefficient (Wildman–Crippen LogP) is 3.39. The second kappa shape index (κ2) is 4.33. The van der Waals surface area contributed by atoms with Crippen LogP contribution in [0.15, 0.2) is 34.8 Å². The van der Waals surface area contributed by atoms with Gasteiger partial charge in [-0.25, -0.2) is 8.42 Å². The molecular weight excluding hydrogens is 289 g/mol. The molecule has 0 aliphatic heterocycles. The maximum Gasteiger partial charge on any atom is 0.270 e. The zero-order valence-corrected chi connectivity index (χ0v) is 10.9. The van der Waals surface area contributed by atoms with Gasteiger partial charge in [-0.15, -0.1) is 11.3 Å². The fourth-order valence-electron chi connectivity index (χ4n) is 1.15. The van der Waals surface area contributed by atoms with Crippen LogP contribution in [-0.4, -0.2) is 13.4 Å². The molecule has 3 nitrogen and oxygen atoms in total. The molecule has 0 saturated heterocycles. The van der Waals surface area contributed by atoms with Crippen molar-refractivity contribution in [1.82, 2.24) is 4.98 Å². The van der Waals surface area contributed by atoms with Gasteiger partial charge in [-0.1, -0.05) is 11.6 Å². The van der Waals surface area contributed by atoms with Crippen molar-refractivity contribution in [1.29, 1.82) is 0 Å². The minimum absolute atomic E-state index is 0.115. The lowest BCUT2D eigenvalue weighted by molar-refractivity contribution is 0.611. The van der Waals surface area contributed by atoms with Crippen LogP contribution in [0.25, 0.3) is 10.4 Å². The zero-order chi connectivity index (χ0) is 11.8. The second-order valence-electron chi connectivity index (χ2n) is 2.95. The highest BCUT2D eigenvalue weighted by Gasteiger charge is 2.14. The van der Waals surface area contributed by atoms with E-state index in [4.69, 9.17) is 22.3 Å². The van der Waals surface area contributed by atoms with Crippen LogP contribution in [0.1, 0.15) is 0 Å². The Morgan fingerprint density at radius 2 is 2.00 bits per heavy atom. The lowest BCUT2D eigenvalue weighted by Gasteiger charge is -1.96. The molecule has 2 aromatic rings. The molecule has 16 heavy (non-hydrogen) atoms. The Balaban J connectivity index is 2.47. The fraction of sp³-hybridized carbons (Fsp3) is 0. The predicted molar refractivity (Wildman–Crippen MR) is 65.6 cm³/mol. The molecule has 0 fully saturated rings. The average Bonchev–Trinajstić information content (AvgIpc) is 2.65. The third kappa shape index (κ3) is 2.55. The molecule has 0 aromatic carbocycles. The number of aromatic nitrogens is 1. The van der Waals surface area contributed by atoms with Gasteiger partial charge < -0.3 is 0 Å². The first-order chi connectivity index (χ1) is 7.47. The molecule has 0 amide bonds. The molecule has 0 bridgehead atoms. The minimum atomic E-state index is -3.66. The Hall–Kier alpha value is -0.620. The topological polar surface area (TPSA) is 47.0 Å². The van der Waals surface area contributed by atoms with Crippen molar-refractivity contribution in [2.24, 2.45) is 0 Å². The van der Waals surface area contributed by atoms with Crippen molar-refractivity contribution >= 4 is 42.7 Å². The third-order valence-electron chi connectivity index (χ3n) is 1.81. The molecule has 84 valence electrons. The Kier molecular flexibility index (Phi) is 3.21. The van der Waals surface area contributed by atoms with Crippen LogP contribution in [0.3, 0.4) is 0 Å². The molecule has 0 aliphatic rings. The van der Waals surface area contributed by atoms with Gasteiger partial charge in [0.05, 0.1) is 5.02 Å². The van der Waals surface area contributed by atoms with Crippen molar-refractivity contribution in [3.63, 3.8) is 0 Å². The standard InChI is InChI=1S/C9H5Cl2NO2S2/c10-7-3-6(4-12-5-7)8-1-2-9(15-8)16(11,13)14/h1-5H. The summed E-state index contributed by atoms with van der Waals surface area (Å²) in [5, 5.41) is 0.501. The highest BCUT2D eigenvalue weighted by molar-refractivity contribution is 8.15. The van der Waals surface area contributed by atoms with Gasteiger partial charge in [-0.05, 0) is 18.2 Å². The van der Waals surface area contributed by atoms with E-state index in [0.29, 0.717) is 5.02 Å². The molecule has 0 radical (unpaired) electrons. The van der Waals surface area contributed by atoms with E-state index in [0.717, 1.165) is 21.8 Å². The summed E-state index contributed by atoms with van der Waals surface area (Å²) >= 11 is 6.87. The molecule has 0 unspecified atom stereocenters. The van der Waals surface area contributed by atoms with Crippen LogP contribution in [-0.2, 0) is 9.05 Å². The van der Waals surface area contributed by atoms with Crippen molar-refractivity contribution in [3.8, 4) is 10.4 Å². The quantitative estimate of drug-likeness (QED) is 0.798. The van der Waals surface area contributed by atoms with Crippen LogP contribution >= 0.6 is 33.6 Å². The minimum Gasteiger partial charge on any atom is -0.263 e. The van der Waals surface area contributed by atoms with Crippen molar-refractivity contribution in [2.45, 2.75) is 4.21 Å². The Morgan fingerprint density at radius 3 is 2.56 bits per heavy atom. The van der Waals surface area contributed by atoms with E-state index in [2.05, 4.69) is 4.98 Å². The molecule has 2 heterocycles. The van der Waals surface area contributed by atoms with Crippen molar-refractivity contribution in [3.05, 3.63) is 35.6 Å². The fourth-order valence-corrected chi connectivity index (χ4v) is 3.38. The number of hydrogen-bond donors (Lipinski definition) is 0. The lowest BCUT2D eigenvalue weighted by Crippen LogP contribution is -1.83. The normalized spacial score (nSPS) is 11.6. The second-order valence-corrected chi connectivity index (χ2v) is 7.26. The summed E-state index contributed by atoms with van der Waals surface area (Å²) in [6.07, 6.45) is 3.13. The molecule has 0 aliphatic carbocycles. The number of thiophene rings is 1. The highest BCUT2D eigenvalue weighted by atomic mass is 35.7. The van der Waals surface area contributed by atoms with E-state index in [1.54, 1.807) is 18.3 Å². The van der Waals surface area contributed by atoms with E-state index >= 15 is 0 Å². The summed E-state index contributed by atoms with van der Waals surface area (Å²) in [7, 11) is 1.57. The van der Waals surface area contributed by atoms with Crippen LogP contribution < -0.4 is 0 Å². The van der Waals surface area contributed by atoms with Gasteiger partial charge in [0, 0.05) is 33.5 Å². The van der Waals surface area contributed by atoms with Gasteiger partial charge in [0.2, 0.25) is 0 Å². The molecular formula is C9H5Cl2NO2S2. The Labute approximate surface area is 106 Å². The largest absolute Gasteiger partial charge is 0.270 e. The Morgan fingerprint density at radius 1 is 1.25 bits per heavy atom. The van der Waals surface area contributed by atoms with Crippen molar-refractivity contribution in [2.75, 3.05) is 0 Å².